The molecular weight excluding hydrogens is 392 g/mol. The fraction of sp³-hybridized carbons (Fsp3) is 0.150. The highest BCUT2D eigenvalue weighted by Gasteiger charge is 2.17. The molecule has 0 aliphatic rings. The normalized spacial score (nSPS) is 12.2. The van der Waals surface area contributed by atoms with Crippen LogP contribution in [0.25, 0.3) is 16.9 Å². The van der Waals surface area contributed by atoms with Crippen molar-refractivity contribution in [3.05, 3.63) is 81.3 Å². The quantitative estimate of drug-likeness (QED) is 0.540. The molecule has 0 amide bonds. The SMILES string of the molecule is COc1ccc(Cn2c(=O)c3[nH]cnc3n(-c3cccc([S@@](C)=O)c3)c2=O)cc1. The summed E-state index contributed by atoms with van der Waals surface area (Å²) in [4.78, 5) is 33.7. The number of aromatic amines is 1. The number of hydrogen-bond acceptors (Lipinski definition) is 5. The highest BCUT2D eigenvalue weighted by molar-refractivity contribution is 7.84. The Morgan fingerprint density at radius 1 is 1.14 bits per heavy atom. The number of rotatable bonds is 5. The summed E-state index contributed by atoms with van der Waals surface area (Å²) in [7, 11) is 0.359. The van der Waals surface area contributed by atoms with Gasteiger partial charge in [0.25, 0.3) is 5.56 Å². The number of nitrogens with zero attached hydrogens (tertiary/aromatic N) is 3. The van der Waals surface area contributed by atoms with Gasteiger partial charge in [0.1, 0.15) is 11.3 Å². The first-order chi connectivity index (χ1) is 14.0. The second kappa shape index (κ2) is 7.51. The van der Waals surface area contributed by atoms with Crippen LogP contribution in [0, 0.1) is 0 Å². The summed E-state index contributed by atoms with van der Waals surface area (Å²) < 4.78 is 19.5. The van der Waals surface area contributed by atoms with Gasteiger partial charge < -0.3 is 9.72 Å². The first kappa shape index (κ1) is 18.9. The van der Waals surface area contributed by atoms with Gasteiger partial charge in [-0.2, -0.15) is 0 Å². The molecule has 148 valence electrons. The Morgan fingerprint density at radius 2 is 1.90 bits per heavy atom. The van der Waals surface area contributed by atoms with Crippen LogP contribution >= 0.6 is 0 Å². The second-order valence-corrected chi connectivity index (χ2v) is 7.79. The third-order valence-corrected chi connectivity index (χ3v) is 5.54. The Kier molecular flexibility index (Phi) is 4.89. The molecule has 0 aliphatic heterocycles. The van der Waals surface area contributed by atoms with Gasteiger partial charge in [0.05, 0.1) is 25.7 Å². The zero-order valence-electron chi connectivity index (χ0n) is 15.8. The van der Waals surface area contributed by atoms with Crippen molar-refractivity contribution in [1.82, 2.24) is 19.1 Å². The Bertz CT molecular complexity index is 1340. The van der Waals surface area contributed by atoms with E-state index in [-0.39, 0.29) is 17.7 Å². The van der Waals surface area contributed by atoms with Gasteiger partial charge in [-0.25, -0.2) is 14.3 Å². The largest absolute Gasteiger partial charge is 0.497 e. The molecule has 2 aromatic heterocycles. The van der Waals surface area contributed by atoms with Crippen molar-refractivity contribution in [1.29, 1.82) is 0 Å². The molecule has 8 nitrogen and oxygen atoms in total. The molecule has 2 aromatic carbocycles. The highest BCUT2D eigenvalue weighted by atomic mass is 32.2. The Morgan fingerprint density at radius 3 is 2.59 bits per heavy atom. The molecule has 0 aliphatic carbocycles. The van der Waals surface area contributed by atoms with Crippen LogP contribution in [0.4, 0.5) is 0 Å². The summed E-state index contributed by atoms with van der Waals surface area (Å²) >= 11 is 0. The first-order valence-electron chi connectivity index (χ1n) is 8.75. The summed E-state index contributed by atoms with van der Waals surface area (Å²) in [6.45, 7) is 0.0933. The predicted octanol–water partition coefficient (Wildman–Crippen LogP) is 1.67. The summed E-state index contributed by atoms with van der Waals surface area (Å²) in [5, 5.41) is 0. The number of fused-ring (bicyclic) bond motifs is 1. The Labute approximate surface area is 167 Å². The first-order valence-corrected chi connectivity index (χ1v) is 10.3. The Balaban J connectivity index is 1.92. The van der Waals surface area contributed by atoms with Gasteiger partial charge in [-0.3, -0.25) is 13.6 Å². The van der Waals surface area contributed by atoms with Gasteiger partial charge in [0.15, 0.2) is 5.65 Å². The molecule has 0 bridgehead atoms. The number of ether oxygens (including phenoxy) is 1. The number of imidazole rings is 1. The van der Waals surface area contributed by atoms with E-state index in [1.165, 1.54) is 10.9 Å². The fourth-order valence-corrected chi connectivity index (χ4v) is 3.69. The number of hydrogen-bond donors (Lipinski definition) is 1. The molecule has 29 heavy (non-hydrogen) atoms. The average molecular weight is 410 g/mol. The van der Waals surface area contributed by atoms with Gasteiger partial charge in [-0.05, 0) is 35.9 Å². The smallest absolute Gasteiger partial charge is 0.337 e. The van der Waals surface area contributed by atoms with E-state index in [9.17, 15) is 13.8 Å². The molecule has 0 spiro atoms. The van der Waals surface area contributed by atoms with Crippen molar-refractivity contribution in [3.63, 3.8) is 0 Å². The van der Waals surface area contributed by atoms with Crippen LogP contribution in [0.2, 0.25) is 0 Å². The molecule has 0 saturated carbocycles. The van der Waals surface area contributed by atoms with Crippen LogP contribution in [-0.2, 0) is 17.3 Å². The van der Waals surface area contributed by atoms with Crippen molar-refractivity contribution >= 4 is 22.0 Å². The highest BCUT2D eigenvalue weighted by Crippen LogP contribution is 2.16. The van der Waals surface area contributed by atoms with Gasteiger partial charge in [0, 0.05) is 22.0 Å². The molecule has 1 N–H and O–H groups in total. The topological polar surface area (TPSA) is 99.0 Å². The van der Waals surface area contributed by atoms with Crippen molar-refractivity contribution in [2.24, 2.45) is 0 Å². The third kappa shape index (κ3) is 3.40. The molecular formula is C20H18N4O4S. The lowest BCUT2D eigenvalue weighted by molar-refractivity contribution is 0.414. The maximum Gasteiger partial charge on any atom is 0.337 e. The fourth-order valence-electron chi connectivity index (χ4n) is 3.13. The summed E-state index contributed by atoms with van der Waals surface area (Å²) in [5.41, 5.74) is 0.738. The average Bonchev–Trinajstić information content (AvgIpc) is 3.21. The minimum absolute atomic E-state index is 0.0933. The summed E-state index contributed by atoms with van der Waals surface area (Å²) in [5.74, 6) is 0.687. The van der Waals surface area contributed by atoms with Crippen molar-refractivity contribution in [2.45, 2.75) is 11.4 Å². The summed E-state index contributed by atoms with van der Waals surface area (Å²) in [6.07, 6.45) is 2.94. The van der Waals surface area contributed by atoms with E-state index in [0.29, 0.717) is 16.3 Å². The van der Waals surface area contributed by atoms with E-state index in [0.717, 1.165) is 10.1 Å². The number of aromatic nitrogens is 4. The molecule has 4 aromatic rings. The molecule has 0 radical (unpaired) electrons. The lowest BCUT2D eigenvalue weighted by Gasteiger charge is -2.12. The molecule has 1 atom stereocenters. The maximum atomic E-state index is 13.3. The standard InChI is InChI=1S/C20H18N4O4S/c1-28-15-8-6-13(7-9-15)11-23-19(25)17-18(22-12-21-17)24(20(23)26)14-4-3-5-16(10-14)29(2)27/h3-10,12H,11H2,1-2H3,(H,21,22)/t29-/m1/s1. The molecule has 0 saturated heterocycles. The minimum atomic E-state index is -1.21. The minimum Gasteiger partial charge on any atom is -0.497 e. The number of H-pyrrole nitrogens is 1. The van der Waals surface area contributed by atoms with Crippen LogP contribution in [0.15, 0.2) is 69.3 Å². The third-order valence-electron chi connectivity index (χ3n) is 4.62. The molecule has 9 heteroatoms. The van der Waals surface area contributed by atoms with E-state index in [1.54, 1.807) is 61.9 Å². The zero-order valence-corrected chi connectivity index (χ0v) is 16.6. The van der Waals surface area contributed by atoms with E-state index in [4.69, 9.17) is 4.74 Å². The lowest BCUT2D eigenvalue weighted by atomic mass is 10.2. The van der Waals surface area contributed by atoms with Crippen LogP contribution in [-0.4, -0.2) is 36.7 Å². The van der Waals surface area contributed by atoms with Crippen LogP contribution in [0.3, 0.4) is 0 Å². The van der Waals surface area contributed by atoms with Crippen LogP contribution in [0.1, 0.15) is 5.56 Å². The van der Waals surface area contributed by atoms with Crippen molar-refractivity contribution in [3.8, 4) is 11.4 Å². The maximum absolute atomic E-state index is 13.3. The van der Waals surface area contributed by atoms with Gasteiger partial charge >= 0.3 is 5.69 Å². The van der Waals surface area contributed by atoms with E-state index in [1.807, 2.05) is 0 Å². The van der Waals surface area contributed by atoms with Crippen molar-refractivity contribution < 1.29 is 8.95 Å². The molecule has 2 heterocycles. The van der Waals surface area contributed by atoms with E-state index < -0.39 is 22.0 Å². The lowest BCUT2D eigenvalue weighted by Crippen LogP contribution is -2.39. The number of nitrogens with one attached hydrogen (secondary N) is 1. The number of benzene rings is 2. The molecule has 0 fully saturated rings. The van der Waals surface area contributed by atoms with Gasteiger partial charge in [0.2, 0.25) is 0 Å². The van der Waals surface area contributed by atoms with Crippen LogP contribution < -0.4 is 16.0 Å². The molecule has 0 unspecified atom stereocenters. The number of methoxy groups -OCH3 is 1. The van der Waals surface area contributed by atoms with E-state index in [2.05, 4.69) is 9.97 Å². The van der Waals surface area contributed by atoms with Crippen molar-refractivity contribution in [2.75, 3.05) is 13.4 Å². The zero-order chi connectivity index (χ0) is 20.5. The molecule has 4 rings (SSSR count). The van der Waals surface area contributed by atoms with E-state index >= 15 is 0 Å². The van der Waals surface area contributed by atoms with Crippen LogP contribution in [0.5, 0.6) is 5.75 Å². The van der Waals surface area contributed by atoms with Gasteiger partial charge in [-0.1, -0.05) is 18.2 Å². The van der Waals surface area contributed by atoms with Gasteiger partial charge in [-0.15, -0.1) is 0 Å². The predicted molar refractivity (Wildman–Crippen MR) is 110 cm³/mol. The Hall–Kier alpha value is -3.46. The monoisotopic (exact) mass is 410 g/mol. The second-order valence-electron chi connectivity index (χ2n) is 6.41. The summed E-state index contributed by atoms with van der Waals surface area (Å²) in [6, 6.07) is 14.0.